The number of fused-ring (bicyclic) bond motifs is 2. The van der Waals surface area contributed by atoms with Crippen molar-refractivity contribution < 1.29 is 4.79 Å². The summed E-state index contributed by atoms with van der Waals surface area (Å²) in [4.78, 5) is 14.6. The molecule has 4 rings (SSSR count). The van der Waals surface area contributed by atoms with Crippen molar-refractivity contribution in [3.05, 3.63) is 42.1 Å². The van der Waals surface area contributed by atoms with Gasteiger partial charge in [-0.25, -0.2) is 0 Å². The number of hydrogen-bond donors (Lipinski definition) is 1. The van der Waals surface area contributed by atoms with Crippen LogP contribution in [0.25, 0.3) is 16.5 Å². The van der Waals surface area contributed by atoms with Crippen molar-refractivity contribution in [2.45, 2.75) is 26.4 Å². The van der Waals surface area contributed by atoms with Crippen LogP contribution < -0.4 is 5.32 Å². The van der Waals surface area contributed by atoms with Gasteiger partial charge in [0.15, 0.2) is 0 Å². The Morgan fingerprint density at radius 3 is 2.91 bits per heavy atom. The molecule has 2 aromatic rings. The molecule has 1 amide bonds. The molecular weight excluding hydrogens is 286 g/mol. The first-order valence-electron chi connectivity index (χ1n) is 8.55. The summed E-state index contributed by atoms with van der Waals surface area (Å²) in [7, 11) is 0. The second kappa shape index (κ2) is 5.53. The number of carbonyl (C=O) groups excluding carboxylic acids is 1. The van der Waals surface area contributed by atoms with E-state index in [1.807, 2.05) is 18.7 Å². The van der Waals surface area contributed by atoms with Gasteiger partial charge < -0.3 is 14.8 Å². The van der Waals surface area contributed by atoms with Crippen molar-refractivity contribution in [3.63, 3.8) is 0 Å². The Balaban J connectivity index is 1.76. The van der Waals surface area contributed by atoms with Gasteiger partial charge in [-0.05, 0) is 25.5 Å². The van der Waals surface area contributed by atoms with E-state index >= 15 is 0 Å². The maximum absolute atomic E-state index is 12.7. The zero-order valence-corrected chi connectivity index (χ0v) is 13.7. The molecule has 0 aliphatic carbocycles. The number of nitrogens with zero attached hydrogens (tertiary/aromatic N) is 2. The van der Waals surface area contributed by atoms with Gasteiger partial charge in [-0.15, -0.1) is 0 Å². The molecule has 2 aliphatic rings. The normalized spacial score (nSPS) is 22.6. The lowest BCUT2D eigenvalue weighted by Gasteiger charge is -2.35. The Morgan fingerprint density at radius 1 is 1.30 bits per heavy atom. The predicted octanol–water partition coefficient (Wildman–Crippen LogP) is 2.49. The van der Waals surface area contributed by atoms with Crippen LogP contribution in [-0.2, 0) is 11.3 Å². The van der Waals surface area contributed by atoms with E-state index in [0.29, 0.717) is 6.04 Å². The average Bonchev–Trinajstić information content (AvgIpc) is 3.00. The Bertz CT molecular complexity index is 785. The Labute approximate surface area is 136 Å². The first-order valence-corrected chi connectivity index (χ1v) is 8.55. The fraction of sp³-hybridized carbons (Fsp3) is 0.421. The number of aromatic nitrogens is 1. The molecule has 0 fully saturated rings. The van der Waals surface area contributed by atoms with Gasteiger partial charge in [-0.1, -0.05) is 24.3 Å². The standard InChI is InChI=1S/C19H23N3O/c1-3-21(4-2)19(23)14-10-16-15-7-5-6-13-8-9-22(18(13)15)12-17(16)20-11-14/h5-10,14,17,20H,3-4,11-12H2,1-2H3/t14-,17?/m1/s1. The minimum atomic E-state index is -0.0575. The number of amides is 1. The lowest BCUT2D eigenvalue weighted by molar-refractivity contribution is -0.133. The molecule has 0 saturated heterocycles. The molecule has 120 valence electrons. The molecular formula is C19H23N3O. The molecule has 3 heterocycles. The molecule has 2 aliphatic heterocycles. The maximum Gasteiger partial charge on any atom is 0.230 e. The van der Waals surface area contributed by atoms with Gasteiger partial charge in [-0.2, -0.15) is 0 Å². The number of rotatable bonds is 3. The van der Waals surface area contributed by atoms with Crippen LogP contribution in [0.1, 0.15) is 19.4 Å². The van der Waals surface area contributed by atoms with Crippen molar-refractivity contribution in [1.29, 1.82) is 0 Å². The van der Waals surface area contributed by atoms with E-state index in [4.69, 9.17) is 0 Å². The summed E-state index contributed by atoms with van der Waals surface area (Å²) in [5.74, 6) is 0.180. The third-order valence-corrected chi connectivity index (χ3v) is 5.21. The van der Waals surface area contributed by atoms with Crippen LogP contribution >= 0.6 is 0 Å². The van der Waals surface area contributed by atoms with Gasteiger partial charge in [0.1, 0.15) is 0 Å². The zero-order valence-electron chi connectivity index (χ0n) is 13.7. The van der Waals surface area contributed by atoms with Gasteiger partial charge in [0.25, 0.3) is 0 Å². The van der Waals surface area contributed by atoms with E-state index in [0.717, 1.165) is 26.2 Å². The van der Waals surface area contributed by atoms with Crippen molar-refractivity contribution in [2.75, 3.05) is 19.6 Å². The van der Waals surface area contributed by atoms with Gasteiger partial charge in [0.2, 0.25) is 5.91 Å². The summed E-state index contributed by atoms with van der Waals surface area (Å²) in [5, 5.41) is 4.87. The first-order chi connectivity index (χ1) is 11.2. The molecule has 0 spiro atoms. The van der Waals surface area contributed by atoms with Crippen LogP contribution in [0.4, 0.5) is 0 Å². The average molecular weight is 309 g/mol. The predicted molar refractivity (Wildman–Crippen MR) is 93.1 cm³/mol. The SMILES string of the molecule is CCN(CC)C(=O)[C@@H]1C=C2c3cccc4ccn(c34)CC2NC1. The van der Waals surface area contributed by atoms with Crippen LogP contribution in [0.15, 0.2) is 36.5 Å². The molecule has 0 bridgehead atoms. The highest BCUT2D eigenvalue weighted by Gasteiger charge is 2.32. The third-order valence-electron chi connectivity index (χ3n) is 5.21. The minimum Gasteiger partial charge on any atom is -0.345 e. The van der Waals surface area contributed by atoms with Crippen LogP contribution in [0.3, 0.4) is 0 Å². The lowest BCUT2D eigenvalue weighted by Crippen LogP contribution is -2.47. The van der Waals surface area contributed by atoms with Crippen LogP contribution in [0.5, 0.6) is 0 Å². The molecule has 1 aromatic carbocycles. The van der Waals surface area contributed by atoms with Crippen molar-refractivity contribution in [2.24, 2.45) is 5.92 Å². The molecule has 4 nitrogen and oxygen atoms in total. The number of nitrogens with one attached hydrogen (secondary N) is 1. The first kappa shape index (κ1) is 14.5. The minimum absolute atomic E-state index is 0.0575. The monoisotopic (exact) mass is 309 g/mol. The van der Waals surface area contributed by atoms with E-state index in [9.17, 15) is 4.79 Å². The van der Waals surface area contributed by atoms with Crippen LogP contribution in [0.2, 0.25) is 0 Å². The fourth-order valence-electron chi connectivity index (χ4n) is 3.98. The second-order valence-electron chi connectivity index (χ2n) is 6.41. The van der Waals surface area contributed by atoms with Gasteiger partial charge >= 0.3 is 0 Å². The van der Waals surface area contributed by atoms with E-state index in [2.05, 4.69) is 46.4 Å². The second-order valence-corrected chi connectivity index (χ2v) is 6.41. The van der Waals surface area contributed by atoms with E-state index in [1.54, 1.807) is 0 Å². The van der Waals surface area contributed by atoms with Crippen LogP contribution in [-0.4, -0.2) is 41.1 Å². The number of carbonyl (C=O) groups is 1. The zero-order chi connectivity index (χ0) is 16.0. The van der Waals surface area contributed by atoms with Crippen LogP contribution in [0, 0.1) is 5.92 Å². The molecule has 4 heteroatoms. The summed E-state index contributed by atoms with van der Waals surface area (Å²) in [6.45, 7) is 7.31. The largest absolute Gasteiger partial charge is 0.345 e. The number of hydrogen-bond acceptors (Lipinski definition) is 2. The summed E-state index contributed by atoms with van der Waals surface area (Å²) < 4.78 is 2.33. The van der Waals surface area contributed by atoms with Crippen molar-refractivity contribution in [3.8, 4) is 0 Å². The van der Waals surface area contributed by atoms with E-state index in [-0.39, 0.29) is 11.8 Å². The highest BCUT2D eigenvalue weighted by molar-refractivity contribution is 5.96. The Morgan fingerprint density at radius 2 is 2.13 bits per heavy atom. The van der Waals surface area contributed by atoms with Gasteiger partial charge in [0, 0.05) is 43.3 Å². The molecule has 1 aromatic heterocycles. The van der Waals surface area contributed by atoms with Gasteiger partial charge in [-0.3, -0.25) is 4.79 Å². The fourth-order valence-corrected chi connectivity index (χ4v) is 3.98. The van der Waals surface area contributed by atoms with E-state index < -0.39 is 0 Å². The highest BCUT2D eigenvalue weighted by atomic mass is 16.2. The third kappa shape index (κ3) is 2.20. The summed E-state index contributed by atoms with van der Waals surface area (Å²) in [5.41, 5.74) is 3.86. The highest BCUT2D eigenvalue weighted by Crippen LogP contribution is 2.35. The summed E-state index contributed by atoms with van der Waals surface area (Å²) >= 11 is 0. The lowest BCUT2D eigenvalue weighted by atomic mass is 9.86. The van der Waals surface area contributed by atoms with Crippen molar-refractivity contribution >= 4 is 22.4 Å². The summed E-state index contributed by atoms with van der Waals surface area (Å²) in [6, 6.07) is 8.94. The Hall–Kier alpha value is -2.07. The van der Waals surface area contributed by atoms with Crippen molar-refractivity contribution in [1.82, 2.24) is 14.8 Å². The van der Waals surface area contributed by atoms with E-state index in [1.165, 1.54) is 22.0 Å². The smallest absolute Gasteiger partial charge is 0.230 e. The molecule has 1 unspecified atom stereocenters. The molecule has 0 radical (unpaired) electrons. The quantitative estimate of drug-likeness (QED) is 0.946. The maximum atomic E-state index is 12.7. The Kier molecular flexibility index (Phi) is 3.49. The molecule has 23 heavy (non-hydrogen) atoms. The molecule has 2 atom stereocenters. The molecule has 1 N–H and O–H groups in total. The molecule has 0 saturated carbocycles. The topological polar surface area (TPSA) is 37.3 Å². The number of para-hydroxylation sites is 1. The van der Waals surface area contributed by atoms with Gasteiger partial charge in [0.05, 0.1) is 17.5 Å². The summed E-state index contributed by atoms with van der Waals surface area (Å²) in [6.07, 6.45) is 4.38. The number of benzene rings is 1.